The van der Waals surface area contributed by atoms with E-state index >= 15 is 0 Å². The van der Waals surface area contributed by atoms with Crippen LogP contribution in [0.5, 0.6) is 5.75 Å². The molecule has 94 valence electrons. The quantitative estimate of drug-likeness (QED) is 0.880. The molecule has 0 aliphatic rings. The zero-order chi connectivity index (χ0) is 13.3. The second-order valence-electron chi connectivity index (χ2n) is 4.34. The van der Waals surface area contributed by atoms with Gasteiger partial charge in [0.05, 0.1) is 12.8 Å². The summed E-state index contributed by atoms with van der Waals surface area (Å²) in [7, 11) is 1.67. The minimum Gasteiger partial charge on any atom is -0.496 e. The summed E-state index contributed by atoms with van der Waals surface area (Å²) in [5.74, 6) is 1.12. The molecule has 1 aromatic carbocycles. The van der Waals surface area contributed by atoms with Crippen molar-refractivity contribution in [3.63, 3.8) is 0 Å². The van der Waals surface area contributed by atoms with E-state index in [0.29, 0.717) is 0 Å². The van der Waals surface area contributed by atoms with E-state index < -0.39 is 0 Å². The van der Waals surface area contributed by atoms with E-state index in [1.807, 2.05) is 26.0 Å². The van der Waals surface area contributed by atoms with Crippen LogP contribution in [0.15, 0.2) is 18.2 Å². The van der Waals surface area contributed by atoms with Crippen LogP contribution in [0.4, 0.5) is 5.95 Å². The van der Waals surface area contributed by atoms with Crippen molar-refractivity contribution in [2.45, 2.75) is 20.8 Å². The highest BCUT2D eigenvalue weighted by molar-refractivity contribution is 5.71. The molecule has 4 heteroatoms. The minimum absolute atomic E-state index is 0.283. The van der Waals surface area contributed by atoms with E-state index in [0.717, 1.165) is 28.3 Å². The average molecular weight is 243 g/mol. The monoisotopic (exact) mass is 243 g/mol. The third-order valence-electron chi connectivity index (χ3n) is 3.03. The van der Waals surface area contributed by atoms with Crippen LogP contribution in [0.2, 0.25) is 0 Å². The molecule has 0 aliphatic carbocycles. The predicted octanol–water partition coefficient (Wildman–Crippen LogP) is 2.66. The van der Waals surface area contributed by atoms with Gasteiger partial charge in [-0.3, -0.25) is 0 Å². The molecule has 4 nitrogen and oxygen atoms in total. The molecule has 0 fully saturated rings. The highest BCUT2D eigenvalue weighted by atomic mass is 16.5. The number of hydrogen-bond acceptors (Lipinski definition) is 4. The molecule has 1 aromatic heterocycles. The van der Waals surface area contributed by atoms with Gasteiger partial charge < -0.3 is 10.5 Å². The van der Waals surface area contributed by atoms with Crippen LogP contribution in [0.3, 0.4) is 0 Å². The Morgan fingerprint density at radius 1 is 1.11 bits per heavy atom. The van der Waals surface area contributed by atoms with Gasteiger partial charge in [-0.15, -0.1) is 0 Å². The standard InChI is InChI=1S/C14H17N3O/c1-8-5-6-11(13(18-4)10(8)3)12-7-9(2)16-14(15)17-12/h5-7H,1-4H3,(H2,15,16,17). The maximum atomic E-state index is 5.69. The van der Waals surface area contributed by atoms with Crippen molar-refractivity contribution >= 4 is 5.95 Å². The highest BCUT2D eigenvalue weighted by Gasteiger charge is 2.12. The molecule has 2 N–H and O–H groups in total. The van der Waals surface area contributed by atoms with Crippen LogP contribution in [-0.4, -0.2) is 17.1 Å². The second kappa shape index (κ2) is 4.64. The topological polar surface area (TPSA) is 61.0 Å². The van der Waals surface area contributed by atoms with E-state index in [-0.39, 0.29) is 5.95 Å². The number of ether oxygens (including phenoxy) is 1. The van der Waals surface area contributed by atoms with E-state index in [9.17, 15) is 0 Å². The van der Waals surface area contributed by atoms with Gasteiger partial charge in [0.1, 0.15) is 5.75 Å². The van der Waals surface area contributed by atoms with E-state index in [4.69, 9.17) is 10.5 Å². The lowest BCUT2D eigenvalue weighted by molar-refractivity contribution is 0.413. The molecule has 2 rings (SSSR count). The highest BCUT2D eigenvalue weighted by Crippen LogP contribution is 2.33. The van der Waals surface area contributed by atoms with Crippen molar-refractivity contribution in [3.8, 4) is 17.0 Å². The lowest BCUT2D eigenvalue weighted by Crippen LogP contribution is -2.00. The Morgan fingerprint density at radius 3 is 2.44 bits per heavy atom. The summed E-state index contributed by atoms with van der Waals surface area (Å²) in [5.41, 5.74) is 10.6. The number of methoxy groups -OCH3 is 1. The Morgan fingerprint density at radius 2 is 1.83 bits per heavy atom. The molecule has 0 unspecified atom stereocenters. The first-order chi connectivity index (χ1) is 8.52. The maximum absolute atomic E-state index is 5.69. The molecule has 0 radical (unpaired) electrons. The number of aryl methyl sites for hydroxylation is 2. The molecule has 0 atom stereocenters. The Hall–Kier alpha value is -2.10. The van der Waals surface area contributed by atoms with Crippen molar-refractivity contribution in [2.24, 2.45) is 0 Å². The fourth-order valence-electron chi connectivity index (χ4n) is 1.98. The van der Waals surface area contributed by atoms with Gasteiger partial charge in [-0.05, 0) is 44.0 Å². The predicted molar refractivity (Wildman–Crippen MR) is 72.6 cm³/mol. The Kier molecular flexibility index (Phi) is 3.19. The van der Waals surface area contributed by atoms with E-state index in [1.54, 1.807) is 7.11 Å². The summed E-state index contributed by atoms with van der Waals surface area (Å²) in [6.45, 7) is 5.99. The number of nitrogens with zero attached hydrogens (tertiary/aromatic N) is 2. The first-order valence-electron chi connectivity index (χ1n) is 5.78. The van der Waals surface area contributed by atoms with Crippen molar-refractivity contribution in [2.75, 3.05) is 12.8 Å². The molecular formula is C14H17N3O. The van der Waals surface area contributed by atoms with Gasteiger partial charge >= 0.3 is 0 Å². The number of hydrogen-bond donors (Lipinski definition) is 1. The number of aromatic nitrogens is 2. The molecular weight excluding hydrogens is 226 g/mol. The largest absolute Gasteiger partial charge is 0.496 e. The fourth-order valence-corrected chi connectivity index (χ4v) is 1.98. The molecule has 0 spiro atoms. The smallest absolute Gasteiger partial charge is 0.220 e. The summed E-state index contributed by atoms with van der Waals surface area (Å²) in [6.07, 6.45) is 0. The molecule has 2 aromatic rings. The molecule has 0 bridgehead atoms. The first-order valence-corrected chi connectivity index (χ1v) is 5.78. The van der Waals surface area contributed by atoms with Crippen molar-refractivity contribution in [3.05, 3.63) is 35.0 Å². The van der Waals surface area contributed by atoms with Gasteiger partial charge in [0.25, 0.3) is 0 Å². The minimum atomic E-state index is 0.283. The molecule has 1 heterocycles. The molecule has 0 amide bonds. The first kappa shape index (κ1) is 12.4. The maximum Gasteiger partial charge on any atom is 0.220 e. The number of rotatable bonds is 2. The van der Waals surface area contributed by atoms with Gasteiger partial charge in [-0.1, -0.05) is 6.07 Å². The van der Waals surface area contributed by atoms with Gasteiger partial charge in [0.2, 0.25) is 5.95 Å². The number of benzene rings is 1. The molecule has 0 saturated heterocycles. The second-order valence-corrected chi connectivity index (χ2v) is 4.34. The van der Waals surface area contributed by atoms with Crippen LogP contribution >= 0.6 is 0 Å². The number of nitrogen functional groups attached to an aromatic ring is 1. The van der Waals surface area contributed by atoms with Crippen LogP contribution in [-0.2, 0) is 0 Å². The Labute approximate surface area is 107 Å². The normalized spacial score (nSPS) is 10.4. The van der Waals surface area contributed by atoms with Crippen LogP contribution in [0.1, 0.15) is 16.8 Å². The molecule has 0 saturated carbocycles. The van der Waals surface area contributed by atoms with E-state index in [1.165, 1.54) is 5.56 Å². The molecule has 18 heavy (non-hydrogen) atoms. The zero-order valence-corrected chi connectivity index (χ0v) is 11.1. The average Bonchev–Trinajstić information content (AvgIpc) is 2.31. The Bertz CT molecular complexity index is 574. The van der Waals surface area contributed by atoms with Gasteiger partial charge in [-0.25, -0.2) is 9.97 Å². The van der Waals surface area contributed by atoms with Gasteiger partial charge in [-0.2, -0.15) is 0 Å². The SMILES string of the molecule is COc1c(-c2cc(C)nc(N)n2)ccc(C)c1C. The van der Waals surface area contributed by atoms with E-state index in [2.05, 4.69) is 23.0 Å². The third kappa shape index (κ3) is 2.14. The number of nitrogens with two attached hydrogens (primary N) is 1. The third-order valence-corrected chi connectivity index (χ3v) is 3.03. The number of anilines is 1. The lowest BCUT2D eigenvalue weighted by Gasteiger charge is -2.13. The van der Waals surface area contributed by atoms with Crippen molar-refractivity contribution in [1.29, 1.82) is 0 Å². The van der Waals surface area contributed by atoms with Crippen LogP contribution in [0, 0.1) is 20.8 Å². The van der Waals surface area contributed by atoms with Crippen molar-refractivity contribution < 1.29 is 4.74 Å². The summed E-state index contributed by atoms with van der Waals surface area (Å²) in [4.78, 5) is 8.35. The van der Waals surface area contributed by atoms with Crippen LogP contribution in [0.25, 0.3) is 11.3 Å². The lowest BCUT2D eigenvalue weighted by atomic mass is 10.0. The van der Waals surface area contributed by atoms with Gasteiger partial charge in [0, 0.05) is 11.3 Å². The van der Waals surface area contributed by atoms with Crippen molar-refractivity contribution in [1.82, 2.24) is 9.97 Å². The summed E-state index contributed by atoms with van der Waals surface area (Å²) in [6, 6.07) is 5.96. The summed E-state index contributed by atoms with van der Waals surface area (Å²) < 4.78 is 5.49. The zero-order valence-electron chi connectivity index (χ0n) is 11.1. The van der Waals surface area contributed by atoms with Crippen LogP contribution < -0.4 is 10.5 Å². The molecule has 0 aliphatic heterocycles. The van der Waals surface area contributed by atoms with Gasteiger partial charge in [0.15, 0.2) is 0 Å². The fraction of sp³-hybridized carbons (Fsp3) is 0.286. The Balaban J connectivity index is 2.67. The summed E-state index contributed by atoms with van der Waals surface area (Å²) >= 11 is 0. The summed E-state index contributed by atoms with van der Waals surface area (Å²) in [5, 5.41) is 0.